The second kappa shape index (κ2) is 10.4. The first kappa shape index (κ1) is 20.6. The van der Waals surface area contributed by atoms with Gasteiger partial charge in [-0.1, -0.05) is 18.2 Å². The van der Waals surface area contributed by atoms with Crippen molar-refractivity contribution in [1.29, 1.82) is 0 Å². The number of hydrogen-bond donors (Lipinski definition) is 0. The van der Waals surface area contributed by atoms with E-state index >= 15 is 0 Å². The minimum atomic E-state index is 0.731. The normalized spacial score (nSPS) is 10.6. The van der Waals surface area contributed by atoms with E-state index < -0.39 is 0 Å². The molecular formula is C27H26N2O2. The summed E-state index contributed by atoms with van der Waals surface area (Å²) in [6.07, 6.45) is 11.2. The second-order valence-corrected chi connectivity index (χ2v) is 7.44. The summed E-state index contributed by atoms with van der Waals surface area (Å²) in [6, 6.07) is 22.6. The van der Waals surface area contributed by atoms with Gasteiger partial charge in [-0.3, -0.25) is 9.97 Å². The largest absolute Gasteiger partial charge is 0.493 e. The fourth-order valence-electron chi connectivity index (χ4n) is 3.48. The molecule has 0 fully saturated rings. The zero-order valence-electron chi connectivity index (χ0n) is 17.7. The minimum absolute atomic E-state index is 0.731. The van der Waals surface area contributed by atoms with Crippen LogP contribution in [0.25, 0.3) is 0 Å². The van der Waals surface area contributed by atoms with Gasteiger partial charge in [-0.2, -0.15) is 0 Å². The molecule has 0 aliphatic rings. The highest BCUT2D eigenvalue weighted by atomic mass is 16.5. The molecule has 156 valence electrons. The molecule has 4 heteroatoms. The molecule has 4 aromatic rings. The van der Waals surface area contributed by atoms with Crippen LogP contribution >= 0.6 is 0 Å². The Morgan fingerprint density at radius 1 is 0.548 bits per heavy atom. The number of pyridine rings is 2. The average Bonchev–Trinajstić information content (AvgIpc) is 2.84. The first-order valence-electron chi connectivity index (χ1n) is 10.5. The van der Waals surface area contributed by atoms with Crippen molar-refractivity contribution in [3.63, 3.8) is 0 Å². The average molecular weight is 411 g/mol. The lowest BCUT2D eigenvalue weighted by molar-refractivity contribution is 0.378. The van der Waals surface area contributed by atoms with Crippen LogP contribution in [0, 0.1) is 0 Å². The Kier molecular flexibility index (Phi) is 6.91. The maximum atomic E-state index is 6.17. The van der Waals surface area contributed by atoms with Crippen LogP contribution < -0.4 is 9.47 Å². The Balaban J connectivity index is 1.40. The van der Waals surface area contributed by atoms with E-state index in [1.54, 1.807) is 7.11 Å². The summed E-state index contributed by atoms with van der Waals surface area (Å²) < 4.78 is 11.7. The molecule has 0 saturated heterocycles. The molecule has 2 aromatic heterocycles. The highest BCUT2D eigenvalue weighted by Crippen LogP contribution is 2.33. The van der Waals surface area contributed by atoms with E-state index in [0.717, 1.165) is 42.9 Å². The third-order valence-corrected chi connectivity index (χ3v) is 5.28. The van der Waals surface area contributed by atoms with Crippen molar-refractivity contribution in [1.82, 2.24) is 9.97 Å². The number of methoxy groups -OCH3 is 1. The molecular weight excluding hydrogens is 384 g/mol. The Hall–Kier alpha value is -3.66. The number of aryl methyl sites for hydroxylation is 4. The Morgan fingerprint density at radius 3 is 1.58 bits per heavy atom. The molecule has 0 aliphatic heterocycles. The summed E-state index contributed by atoms with van der Waals surface area (Å²) in [4.78, 5) is 8.15. The highest BCUT2D eigenvalue weighted by molar-refractivity contribution is 5.46. The molecule has 0 radical (unpaired) electrons. The minimum Gasteiger partial charge on any atom is -0.493 e. The summed E-state index contributed by atoms with van der Waals surface area (Å²) in [5, 5.41) is 0. The Labute approximate surface area is 183 Å². The lowest BCUT2D eigenvalue weighted by Gasteiger charge is -2.13. The van der Waals surface area contributed by atoms with E-state index in [9.17, 15) is 0 Å². The van der Waals surface area contributed by atoms with Gasteiger partial charge in [0.1, 0.15) is 5.75 Å². The molecule has 0 saturated carbocycles. The van der Waals surface area contributed by atoms with Gasteiger partial charge in [-0.25, -0.2) is 0 Å². The zero-order chi connectivity index (χ0) is 21.3. The fourth-order valence-corrected chi connectivity index (χ4v) is 3.48. The van der Waals surface area contributed by atoms with E-state index in [0.29, 0.717) is 0 Å². The van der Waals surface area contributed by atoms with Crippen molar-refractivity contribution in [3.05, 3.63) is 114 Å². The van der Waals surface area contributed by atoms with Crippen LogP contribution in [0.2, 0.25) is 0 Å². The monoisotopic (exact) mass is 410 g/mol. The van der Waals surface area contributed by atoms with Crippen molar-refractivity contribution < 1.29 is 9.47 Å². The van der Waals surface area contributed by atoms with Gasteiger partial charge in [0, 0.05) is 24.8 Å². The molecule has 0 amide bonds. The van der Waals surface area contributed by atoms with Gasteiger partial charge in [0.25, 0.3) is 0 Å². The molecule has 2 aromatic carbocycles. The van der Waals surface area contributed by atoms with E-state index in [4.69, 9.17) is 9.47 Å². The fraction of sp³-hybridized carbons (Fsp3) is 0.185. The van der Waals surface area contributed by atoms with Crippen molar-refractivity contribution in [2.45, 2.75) is 25.7 Å². The predicted molar refractivity (Wildman–Crippen MR) is 123 cm³/mol. The van der Waals surface area contributed by atoms with Crippen molar-refractivity contribution in [3.8, 4) is 17.2 Å². The third-order valence-electron chi connectivity index (χ3n) is 5.28. The molecule has 0 spiro atoms. The quantitative estimate of drug-likeness (QED) is 0.347. The summed E-state index contributed by atoms with van der Waals surface area (Å²) in [5.41, 5.74) is 5.06. The topological polar surface area (TPSA) is 44.2 Å². The summed E-state index contributed by atoms with van der Waals surface area (Å²) in [7, 11) is 1.67. The van der Waals surface area contributed by atoms with Crippen LogP contribution in [0.4, 0.5) is 0 Å². The molecule has 0 bridgehead atoms. The number of hydrogen-bond acceptors (Lipinski definition) is 4. The van der Waals surface area contributed by atoms with Gasteiger partial charge < -0.3 is 9.47 Å². The van der Waals surface area contributed by atoms with Gasteiger partial charge in [0.2, 0.25) is 0 Å². The lowest BCUT2D eigenvalue weighted by atomic mass is 10.0. The molecule has 31 heavy (non-hydrogen) atoms. The van der Waals surface area contributed by atoms with Crippen molar-refractivity contribution in [2.75, 3.05) is 7.11 Å². The van der Waals surface area contributed by atoms with Gasteiger partial charge in [0.15, 0.2) is 11.5 Å². The van der Waals surface area contributed by atoms with E-state index in [1.807, 2.05) is 43.0 Å². The van der Waals surface area contributed by atoms with E-state index in [2.05, 4.69) is 58.5 Å². The SMILES string of the molecule is COc1ccc(CCc2ccncc2)cc1Oc1ccc(CCc2ccncc2)cc1. The number of ether oxygens (including phenoxy) is 2. The maximum Gasteiger partial charge on any atom is 0.169 e. The summed E-state index contributed by atoms with van der Waals surface area (Å²) in [5.74, 6) is 2.27. The van der Waals surface area contributed by atoms with Gasteiger partial charge in [-0.15, -0.1) is 0 Å². The molecule has 0 unspecified atom stereocenters. The van der Waals surface area contributed by atoms with Crippen LogP contribution in [0.1, 0.15) is 22.3 Å². The van der Waals surface area contributed by atoms with Crippen LogP contribution in [0.15, 0.2) is 91.5 Å². The number of rotatable bonds is 9. The maximum absolute atomic E-state index is 6.17. The Morgan fingerprint density at radius 2 is 1.03 bits per heavy atom. The first-order valence-corrected chi connectivity index (χ1v) is 10.5. The summed E-state index contributed by atoms with van der Waals surface area (Å²) in [6.45, 7) is 0. The molecule has 4 rings (SSSR count). The molecule has 2 heterocycles. The van der Waals surface area contributed by atoms with E-state index in [1.165, 1.54) is 22.3 Å². The zero-order valence-corrected chi connectivity index (χ0v) is 17.7. The number of aromatic nitrogens is 2. The predicted octanol–water partition coefficient (Wildman–Crippen LogP) is 5.85. The highest BCUT2D eigenvalue weighted by Gasteiger charge is 2.08. The standard InChI is InChI=1S/C27H26N2O2/c1-30-26-11-8-24(5-4-23-14-18-29-19-15-23)20-27(26)31-25-9-6-21(7-10-25)2-3-22-12-16-28-17-13-22/h6-20H,2-5H2,1H3. The second-order valence-electron chi connectivity index (χ2n) is 7.44. The van der Waals surface area contributed by atoms with E-state index in [-0.39, 0.29) is 0 Å². The van der Waals surface area contributed by atoms with Crippen LogP contribution in [0.3, 0.4) is 0 Å². The lowest BCUT2D eigenvalue weighted by Crippen LogP contribution is -1.96. The van der Waals surface area contributed by atoms with Crippen LogP contribution in [-0.2, 0) is 25.7 Å². The van der Waals surface area contributed by atoms with Gasteiger partial charge in [-0.05, 0) is 96.5 Å². The summed E-state index contributed by atoms with van der Waals surface area (Å²) >= 11 is 0. The number of nitrogens with zero attached hydrogens (tertiary/aromatic N) is 2. The van der Waals surface area contributed by atoms with Crippen LogP contribution in [-0.4, -0.2) is 17.1 Å². The van der Waals surface area contributed by atoms with Crippen LogP contribution in [0.5, 0.6) is 17.2 Å². The smallest absolute Gasteiger partial charge is 0.169 e. The Bertz CT molecular complexity index is 1080. The van der Waals surface area contributed by atoms with Gasteiger partial charge in [0.05, 0.1) is 7.11 Å². The van der Waals surface area contributed by atoms with Crippen molar-refractivity contribution >= 4 is 0 Å². The molecule has 0 aliphatic carbocycles. The van der Waals surface area contributed by atoms with Crippen molar-refractivity contribution in [2.24, 2.45) is 0 Å². The molecule has 0 atom stereocenters. The molecule has 4 nitrogen and oxygen atoms in total. The van der Waals surface area contributed by atoms with Gasteiger partial charge >= 0.3 is 0 Å². The first-order chi connectivity index (χ1) is 15.3. The molecule has 0 N–H and O–H groups in total. The third kappa shape index (κ3) is 5.92. The number of benzene rings is 2.